The summed E-state index contributed by atoms with van der Waals surface area (Å²) in [5.41, 5.74) is 1.02. The van der Waals surface area contributed by atoms with E-state index in [1.165, 1.54) is 6.42 Å². The lowest BCUT2D eigenvalue weighted by atomic mass is 10.1. The fraction of sp³-hybridized carbons (Fsp3) is 0.571. The van der Waals surface area contributed by atoms with E-state index >= 15 is 0 Å². The van der Waals surface area contributed by atoms with Crippen LogP contribution in [0.15, 0.2) is 24.3 Å². The molecule has 0 amide bonds. The van der Waals surface area contributed by atoms with Gasteiger partial charge in [0.05, 0.1) is 10.7 Å². The molecule has 0 radical (unpaired) electrons. The van der Waals surface area contributed by atoms with Crippen molar-refractivity contribution in [1.29, 1.82) is 0 Å². The number of hydrogen-bond donors (Lipinski definition) is 1. The highest BCUT2D eigenvalue weighted by atomic mass is 35.5. The van der Waals surface area contributed by atoms with Crippen LogP contribution in [0.25, 0.3) is 0 Å². The molecular formula is C14H23ClN2. The van der Waals surface area contributed by atoms with Crippen LogP contribution in [0.2, 0.25) is 5.02 Å². The van der Waals surface area contributed by atoms with Gasteiger partial charge in [-0.25, -0.2) is 0 Å². The number of para-hydroxylation sites is 1. The Morgan fingerprint density at radius 1 is 1.24 bits per heavy atom. The highest BCUT2D eigenvalue weighted by Crippen LogP contribution is 2.19. The number of halogens is 1. The lowest BCUT2D eigenvalue weighted by molar-refractivity contribution is 0.321. The summed E-state index contributed by atoms with van der Waals surface area (Å²) >= 11 is 6.07. The molecule has 0 spiro atoms. The molecule has 0 unspecified atom stereocenters. The third-order valence-corrected chi connectivity index (χ3v) is 3.10. The quantitative estimate of drug-likeness (QED) is 0.798. The van der Waals surface area contributed by atoms with E-state index in [1.807, 2.05) is 24.3 Å². The summed E-state index contributed by atoms with van der Waals surface area (Å²) < 4.78 is 0. The standard InChI is InChI=1S/C14H23ClN2/c1-12(2)8-10-17(3)11-9-16-14-7-5-4-6-13(14)15/h4-7,12,16H,8-11H2,1-3H3. The lowest BCUT2D eigenvalue weighted by Crippen LogP contribution is -2.26. The SMILES string of the molecule is CC(C)CCN(C)CCNc1ccccc1Cl. The van der Waals surface area contributed by atoms with Crippen molar-refractivity contribution in [1.82, 2.24) is 4.90 Å². The molecule has 1 rings (SSSR count). The Balaban J connectivity index is 2.21. The Morgan fingerprint density at radius 3 is 2.59 bits per heavy atom. The summed E-state index contributed by atoms with van der Waals surface area (Å²) in [5, 5.41) is 4.15. The van der Waals surface area contributed by atoms with Gasteiger partial charge in [0.2, 0.25) is 0 Å². The van der Waals surface area contributed by atoms with Crippen molar-refractivity contribution >= 4 is 17.3 Å². The van der Waals surface area contributed by atoms with E-state index in [0.29, 0.717) is 0 Å². The van der Waals surface area contributed by atoms with Crippen LogP contribution in [0.5, 0.6) is 0 Å². The molecule has 96 valence electrons. The summed E-state index contributed by atoms with van der Waals surface area (Å²) in [7, 11) is 2.16. The van der Waals surface area contributed by atoms with Crippen LogP contribution in [0.4, 0.5) is 5.69 Å². The zero-order valence-corrected chi connectivity index (χ0v) is 11.8. The van der Waals surface area contributed by atoms with E-state index in [0.717, 1.165) is 36.3 Å². The minimum Gasteiger partial charge on any atom is -0.383 e. The van der Waals surface area contributed by atoms with E-state index in [4.69, 9.17) is 11.6 Å². The Bertz CT molecular complexity index is 326. The molecule has 1 aromatic carbocycles. The molecule has 0 heterocycles. The van der Waals surface area contributed by atoms with Crippen molar-refractivity contribution in [3.8, 4) is 0 Å². The van der Waals surface area contributed by atoms with Crippen molar-refractivity contribution in [2.45, 2.75) is 20.3 Å². The zero-order valence-electron chi connectivity index (χ0n) is 11.0. The largest absolute Gasteiger partial charge is 0.383 e. The van der Waals surface area contributed by atoms with Crippen LogP contribution in [-0.2, 0) is 0 Å². The first-order valence-electron chi connectivity index (χ1n) is 6.26. The predicted octanol–water partition coefficient (Wildman–Crippen LogP) is 3.73. The van der Waals surface area contributed by atoms with Gasteiger partial charge in [-0.1, -0.05) is 37.6 Å². The predicted molar refractivity (Wildman–Crippen MR) is 76.9 cm³/mol. The molecule has 0 fully saturated rings. The van der Waals surface area contributed by atoms with E-state index in [1.54, 1.807) is 0 Å². The average Bonchev–Trinajstić information content (AvgIpc) is 2.29. The van der Waals surface area contributed by atoms with Crippen molar-refractivity contribution in [3.05, 3.63) is 29.3 Å². The smallest absolute Gasteiger partial charge is 0.0637 e. The fourth-order valence-electron chi connectivity index (χ4n) is 1.58. The van der Waals surface area contributed by atoms with Gasteiger partial charge >= 0.3 is 0 Å². The van der Waals surface area contributed by atoms with E-state index in [-0.39, 0.29) is 0 Å². The van der Waals surface area contributed by atoms with Crippen molar-refractivity contribution < 1.29 is 0 Å². The Kier molecular flexibility index (Phi) is 6.38. The maximum absolute atomic E-state index is 6.07. The van der Waals surface area contributed by atoms with Gasteiger partial charge in [0.25, 0.3) is 0 Å². The van der Waals surface area contributed by atoms with Gasteiger partial charge in [0, 0.05) is 13.1 Å². The normalized spacial score (nSPS) is 11.2. The van der Waals surface area contributed by atoms with Gasteiger partial charge in [-0.05, 0) is 38.1 Å². The molecule has 2 nitrogen and oxygen atoms in total. The minimum absolute atomic E-state index is 0.772. The van der Waals surface area contributed by atoms with E-state index in [9.17, 15) is 0 Å². The second-order valence-electron chi connectivity index (χ2n) is 4.89. The second-order valence-corrected chi connectivity index (χ2v) is 5.30. The zero-order chi connectivity index (χ0) is 12.7. The number of rotatable bonds is 7. The number of anilines is 1. The van der Waals surface area contributed by atoms with Crippen LogP contribution in [-0.4, -0.2) is 31.6 Å². The van der Waals surface area contributed by atoms with Gasteiger partial charge in [0.15, 0.2) is 0 Å². The first kappa shape index (κ1) is 14.3. The molecule has 1 N–H and O–H groups in total. The molecule has 17 heavy (non-hydrogen) atoms. The topological polar surface area (TPSA) is 15.3 Å². The monoisotopic (exact) mass is 254 g/mol. The molecule has 0 aliphatic rings. The molecule has 0 aromatic heterocycles. The second kappa shape index (κ2) is 7.57. The van der Waals surface area contributed by atoms with E-state index < -0.39 is 0 Å². The molecule has 3 heteroatoms. The third-order valence-electron chi connectivity index (χ3n) is 2.77. The number of nitrogens with one attached hydrogen (secondary N) is 1. The molecule has 0 saturated heterocycles. The first-order chi connectivity index (χ1) is 8.09. The number of benzene rings is 1. The molecule has 1 aromatic rings. The molecule has 0 aliphatic heterocycles. The first-order valence-corrected chi connectivity index (χ1v) is 6.64. The van der Waals surface area contributed by atoms with E-state index in [2.05, 4.69) is 31.1 Å². The van der Waals surface area contributed by atoms with Gasteiger partial charge in [-0.2, -0.15) is 0 Å². The van der Waals surface area contributed by atoms with Crippen LogP contribution >= 0.6 is 11.6 Å². The van der Waals surface area contributed by atoms with Crippen LogP contribution in [0, 0.1) is 5.92 Å². The van der Waals surface area contributed by atoms with Crippen molar-refractivity contribution in [3.63, 3.8) is 0 Å². The molecule has 0 atom stereocenters. The van der Waals surface area contributed by atoms with Crippen molar-refractivity contribution in [2.75, 3.05) is 32.0 Å². The molecule has 0 saturated carbocycles. The number of likely N-dealkylation sites (N-methyl/N-ethyl adjacent to an activating group) is 1. The number of hydrogen-bond acceptors (Lipinski definition) is 2. The summed E-state index contributed by atoms with van der Waals surface area (Å²) in [5.74, 6) is 0.772. The fourth-order valence-corrected chi connectivity index (χ4v) is 1.78. The summed E-state index contributed by atoms with van der Waals surface area (Å²) in [6.45, 7) is 7.64. The molecule has 0 bridgehead atoms. The van der Waals surface area contributed by atoms with Gasteiger partial charge < -0.3 is 10.2 Å². The van der Waals surface area contributed by atoms with Gasteiger partial charge in [-0.15, -0.1) is 0 Å². The van der Waals surface area contributed by atoms with Crippen LogP contribution in [0.1, 0.15) is 20.3 Å². The highest BCUT2D eigenvalue weighted by molar-refractivity contribution is 6.33. The summed E-state index contributed by atoms with van der Waals surface area (Å²) in [6.07, 6.45) is 1.25. The van der Waals surface area contributed by atoms with Crippen molar-refractivity contribution in [2.24, 2.45) is 5.92 Å². The average molecular weight is 255 g/mol. The maximum atomic E-state index is 6.07. The molecule has 0 aliphatic carbocycles. The number of nitrogens with zero attached hydrogens (tertiary/aromatic N) is 1. The van der Waals surface area contributed by atoms with Gasteiger partial charge in [0.1, 0.15) is 0 Å². The third kappa shape index (κ3) is 5.94. The Morgan fingerprint density at radius 2 is 1.94 bits per heavy atom. The van der Waals surface area contributed by atoms with Gasteiger partial charge in [-0.3, -0.25) is 0 Å². The minimum atomic E-state index is 0.772. The maximum Gasteiger partial charge on any atom is 0.0637 e. The Labute approximate surface area is 110 Å². The Hall–Kier alpha value is -0.730. The van der Waals surface area contributed by atoms with Crippen LogP contribution in [0.3, 0.4) is 0 Å². The highest BCUT2D eigenvalue weighted by Gasteiger charge is 2.01. The summed E-state index contributed by atoms with van der Waals surface area (Å²) in [4.78, 5) is 2.35. The lowest BCUT2D eigenvalue weighted by Gasteiger charge is -2.18. The van der Waals surface area contributed by atoms with Crippen LogP contribution < -0.4 is 5.32 Å². The summed E-state index contributed by atoms with van der Waals surface area (Å²) in [6, 6.07) is 7.86. The molecular weight excluding hydrogens is 232 g/mol.